The average molecular weight is 182 g/mol. The fourth-order valence-corrected chi connectivity index (χ4v) is 1.91. The topological polar surface area (TPSA) is 26.3 Å². The third kappa shape index (κ3) is 2.33. The van der Waals surface area contributed by atoms with Crippen LogP contribution in [0.4, 0.5) is 0 Å². The standard InChI is InChI=1S/C11H18O2/c1-4-13-10(12)8-11(3)7-5-6-9(11)2/h2,4-8H2,1,3H3. The van der Waals surface area contributed by atoms with Crippen LogP contribution in [-0.4, -0.2) is 12.6 Å². The molecule has 0 saturated heterocycles. The molecule has 0 heterocycles. The minimum Gasteiger partial charge on any atom is -0.466 e. The predicted octanol–water partition coefficient (Wildman–Crippen LogP) is 2.69. The second kappa shape index (κ2) is 3.95. The molecule has 0 aromatic carbocycles. The van der Waals surface area contributed by atoms with Crippen LogP contribution in [0.2, 0.25) is 0 Å². The maximum Gasteiger partial charge on any atom is 0.306 e. The van der Waals surface area contributed by atoms with Crippen molar-refractivity contribution in [3.8, 4) is 0 Å². The summed E-state index contributed by atoms with van der Waals surface area (Å²) in [6.45, 7) is 8.43. The molecule has 0 aliphatic heterocycles. The number of hydrogen-bond donors (Lipinski definition) is 0. The molecule has 13 heavy (non-hydrogen) atoms. The fraction of sp³-hybridized carbons (Fsp3) is 0.727. The van der Waals surface area contributed by atoms with E-state index < -0.39 is 0 Å². The van der Waals surface area contributed by atoms with Gasteiger partial charge in [-0.1, -0.05) is 19.1 Å². The summed E-state index contributed by atoms with van der Waals surface area (Å²) in [5.74, 6) is -0.0898. The Hall–Kier alpha value is -0.790. The van der Waals surface area contributed by atoms with Crippen LogP contribution >= 0.6 is 0 Å². The second-order valence-corrected chi connectivity index (χ2v) is 4.00. The third-order valence-corrected chi connectivity index (χ3v) is 2.90. The Morgan fingerprint density at radius 2 is 2.38 bits per heavy atom. The zero-order valence-corrected chi connectivity index (χ0v) is 8.56. The van der Waals surface area contributed by atoms with Gasteiger partial charge in [-0.25, -0.2) is 0 Å². The minimum atomic E-state index is -0.0898. The van der Waals surface area contributed by atoms with Gasteiger partial charge < -0.3 is 4.74 Å². The van der Waals surface area contributed by atoms with Gasteiger partial charge in [0, 0.05) is 0 Å². The fourth-order valence-electron chi connectivity index (χ4n) is 1.91. The first-order valence-corrected chi connectivity index (χ1v) is 4.92. The molecule has 1 aliphatic rings. The van der Waals surface area contributed by atoms with E-state index in [1.165, 1.54) is 5.57 Å². The maximum absolute atomic E-state index is 11.3. The molecule has 1 rings (SSSR count). The minimum absolute atomic E-state index is 0.00620. The molecule has 1 saturated carbocycles. The van der Waals surface area contributed by atoms with Crippen molar-refractivity contribution in [1.29, 1.82) is 0 Å². The Bertz CT molecular complexity index is 220. The number of rotatable bonds is 3. The van der Waals surface area contributed by atoms with Crippen molar-refractivity contribution in [1.82, 2.24) is 0 Å². The van der Waals surface area contributed by atoms with E-state index in [1.807, 2.05) is 6.92 Å². The van der Waals surface area contributed by atoms with Gasteiger partial charge in [-0.05, 0) is 31.6 Å². The zero-order chi connectivity index (χ0) is 9.90. The Morgan fingerprint density at radius 1 is 1.69 bits per heavy atom. The molecular formula is C11H18O2. The molecule has 0 aromatic heterocycles. The van der Waals surface area contributed by atoms with Crippen LogP contribution in [0.1, 0.15) is 39.5 Å². The Balaban J connectivity index is 2.51. The number of carbonyl (C=O) groups is 1. The summed E-state index contributed by atoms with van der Waals surface area (Å²) in [7, 11) is 0. The van der Waals surface area contributed by atoms with Crippen LogP contribution in [0.15, 0.2) is 12.2 Å². The Kier molecular flexibility index (Phi) is 3.12. The average Bonchev–Trinajstić information content (AvgIpc) is 2.32. The lowest BCUT2D eigenvalue weighted by Gasteiger charge is -2.23. The number of carbonyl (C=O) groups excluding carboxylic acids is 1. The third-order valence-electron chi connectivity index (χ3n) is 2.90. The van der Waals surface area contributed by atoms with Crippen molar-refractivity contribution in [2.75, 3.05) is 6.61 Å². The van der Waals surface area contributed by atoms with Gasteiger partial charge >= 0.3 is 5.97 Å². The lowest BCUT2D eigenvalue weighted by atomic mass is 9.82. The molecule has 0 aromatic rings. The first-order valence-electron chi connectivity index (χ1n) is 4.92. The number of esters is 1. The molecule has 1 aliphatic carbocycles. The molecular weight excluding hydrogens is 164 g/mol. The van der Waals surface area contributed by atoms with Gasteiger partial charge in [0.15, 0.2) is 0 Å². The van der Waals surface area contributed by atoms with Crippen LogP contribution < -0.4 is 0 Å². The van der Waals surface area contributed by atoms with Gasteiger partial charge in [0.1, 0.15) is 0 Å². The zero-order valence-electron chi connectivity index (χ0n) is 8.56. The van der Waals surface area contributed by atoms with Crippen LogP contribution in [0.25, 0.3) is 0 Å². The molecule has 0 N–H and O–H groups in total. The van der Waals surface area contributed by atoms with E-state index in [0.29, 0.717) is 13.0 Å². The van der Waals surface area contributed by atoms with Gasteiger partial charge in [-0.15, -0.1) is 0 Å². The van der Waals surface area contributed by atoms with Gasteiger partial charge in [-0.2, -0.15) is 0 Å². The van der Waals surface area contributed by atoms with E-state index in [2.05, 4.69) is 13.5 Å². The van der Waals surface area contributed by atoms with Gasteiger partial charge in [0.05, 0.1) is 13.0 Å². The van der Waals surface area contributed by atoms with Crippen molar-refractivity contribution in [3.05, 3.63) is 12.2 Å². The highest BCUT2D eigenvalue weighted by atomic mass is 16.5. The van der Waals surface area contributed by atoms with Crippen molar-refractivity contribution < 1.29 is 9.53 Å². The highest BCUT2D eigenvalue weighted by Gasteiger charge is 2.34. The normalized spacial score (nSPS) is 27.7. The maximum atomic E-state index is 11.3. The van der Waals surface area contributed by atoms with E-state index in [-0.39, 0.29) is 11.4 Å². The summed E-state index contributed by atoms with van der Waals surface area (Å²) in [5.41, 5.74) is 1.22. The van der Waals surface area contributed by atoms with Gasteiger partial charge in [-0.3, -0.25) is 4.79 Å². The number of ether oxygens (including phenoxy) is 1. The van der Waals surface area contributed by atoms with E-state index in [4.69, 9.17) is 4.74 Å². The molecule has 2 heteroatoms. The van der Waals surface area contributed by atoms with Crippen molar-refractivity contribution in [2.24, 2.45) is 5.41 Å². The Labute approximate surface area is 80.0 Å². The van der Waals surface area contributed by atoms with Crippen LogP contribution in [-0.2, 0) is 9.53 Å². The van der Waals surface area contributed by atoms with Crippen molar-refractivity contribution in [2.45, 2.75) is 39.5 Å². The van der Waals surface area contributed by atoms with E-state index in [1.54, 1.807) is 0 Å². The van der Waals surface area contributed by atoms with Crippen LogP contribution in [0.5, 0.6) is 0 Å². The Morgan fingerprint density at radius 3 is 2.85 bits per heavy atom. The molecule has 74 valence electrons. The second-order valence-electron chi connectivity index (χ2n) is 4.00. The summed E-state index contributed by atoms with van der Waals surface area (Å²) in [6, 6.07) is 0. The van der Waals surface area contributed by atoms with E-state index in [0.717, 1.165) is 19.3 Å². The molecule has 0 spiro atoms. The quantitative estimate of drug-likeness (QED) is 0.495. The molecule has 1 unspecified atom stereocenters. The largest absolute Gasteiger partial charge is 0.466 e. The highest BCUT2D eigenvalue weighted by Crippen LogP contribution is 2.44. The summed E-state index contributed by atoms with van der Waals surface area (Å²) in [6.07, 6.45) is 3.80. The smallest absolute Gasteiger partial charge is 0.306 e. The lowest BCUT2D eigenvalue weighted by molar-refractivity contribution is -0.145. The SMILES string of the molecule is C=C1CCCC1(C)CC(=O)OCC. The van der Waals surface area contributed by atoms with Gasteiger partial charge in [0.25, 0.3) is 0 Å². The highest BCUT2D eigenvalue weighted by molar-refractivity contribution is 5.71. The van der Waals surface area contributed by atoms with Crippen LogP contribution in [0, 0.1) is 5.41 Å². The van der Waals surface area contributed by atoms with Crippen molar-refractivity contribution in [3.63, 3.8) is 0 Å². The predicted molar refractivity (Wildman–Crippen MR) is 52.3 cm³/mol. The molecule has 0 bridgehead atoms. The molecule has 0 amide bonds. The first kappa shape index (κ1) is 10.3. The molecule has 0 radical (unpaired) electrons. The molecule has 1 fully saturated rings. The molecule has 1 atom stereocenters. The molecule has 2 nitrogen and oxygen atoms in total. The summed E-state index contributed by atoms with van der Waals surface area (Å²) in [4.78, 5) is 11.3. The van der Waals surface area contributed by atoms with Crippen LogP contribution in [0.3, 0.4) is 0 Å². The lowest BCUT2D eigenvalue weighted by Crippen LogP contribution is -2.20. The van der Waals surface area contributed by atoms with E-state index >= 15 is 0 Å². The monoisotopic (exact) mass is 182 g/mol. The first-order chi connectivity index (χ1) is 6.08. The number of hydrogen-bond acceptors (Lipinski definition) is 2. The van der Waals surface area contributed by atoms with E-state index in [9.17, 15) is 4.79 Å². The van der Waals surface area contributed by atoms with Gasteiger partial charge in [0.2, 0.25) is 0 Å². The summed E-state index contributed by atoms with van der Waals surface area (Å²) < 4.78 is 4.94. The summed E-state index contributed by atoms with van der Waals surface area (Å²) in [5, 5.41) is 0. The summed E-state index contributed by atoms with van der Waals surface area (Å²) >= 11 is 0. The van der Waals surface area contributed by atoms with Crippen molar-refractivity contribution >= 4 is 5.97 Å². The number of allylic oxidation sites excluding steroid dienone is 1.